The predicted octanol–water partition coefficient (Wildman–Crippen LogP) is 8.96. The van der Waals surface area contributed by atoms with Crippen LogP contribution in [0.25, 0.3) is 0 Å². The molecule has 56 heavy (non-hydrogen) atoms. The minimum absolute atomic E-state index is 0.00115. The molecule has 0 unspecified atom stereocenters. The second-order valence-electron chi connectivity index (χ2n) is 10.9. The van der Waals surface area contributed by atoms with Gasteiger partial charge in [-0.05, 0) is 51.1 Å². The van der Waals surface area contributed by atoms with E-state index < -0.39 is 43.7 Å². The molecule has 0 aliphatic rings. The lowest BCUT2D eigenvalue weighted by atomic mass is 10.2. The number of aromatic carboxylic acids is 2. The monoisotopic (exact) mass is 890 g/mol. The fraction of sp³-hybridized carbons (Fsp3) is 0.303. The van der Waals surface area contributed by atoms with Gasteiger partial charge in [0.2, 0.25) is 17.6 Å². The van der Waals surface area contributed by atoms with Crippen LogP contribution in [0.15, 0.2) is 48.5 Å². The van der Waals surface area contributed by atoms with Crippen LogP contribution < -0.4 is 25.3 Å². The molecular weight excluding hydrogens is 859 g/mol. The third kappa shape index (κ3) is 22.0. The van der Waals surface area contributed by atoms with E-state index in [2.05, 4.69) is 25.3 Å². The maximum absolute atomic E-state index is 12.0. The Hall–Kier alpha value is -4.75. The molecule has 0 spiro atoms. The molecule has 0 aliphatic heterocycles. The van der Waals surface area contributed by atoms with Gasteiger partial charge in [0.25, 0.3) is 0 Å². The number of carbonyl (C=O) groups is 3. The Kier molecular flexibility index (Phi) is 22.4. The number of nitrogens with one attached hydrogen (secondary N) is 1. The van der Waals surface area contributed by atoms with Crippen molar-refractivity contribution in [3.63, 3.8) is 0 Å². The summed E-state index contributed by atoms with van der Waals surface area (Å²) >= 11 is 27.7. The van der Waals surface area contributed by atoms with Crippen molar-refractivity contribution in [1.29, 1.82) is 0 Å². The third-order valence-electron chi connectivity index (χ3n) is 5.22. The average molecular weight is 893 g/mol. The van der Waals surface area contributed by atoms with Crippen molar-refractivity contribution < 1.29 is 56.7 Å². The summed E-state index contributed by atoms with van der Waals surface area (Å²) in [5.41, 5.74) is 5.64. The number of alkyl halides is 3. The molecule has 4 rings (SSSR count). The third-order valence-corrected chi connectivity index (χ3v) is 6.19. The van der Waals surface area contributed by atoms with Gasteiger partial charge in [0, 0.05) is 23.9 Å². The predicted molar refractivity (Wildman–Crippen MR) is 205 cm³/mol. The van der Waals surface area contributed by atoms with Crippen LogP contribution in [0.2, 0.25) is 25.8 Å². The van der Waals surface area contributed by atoms with Crippen LogP contribution in [0, 0.1) is 0 Å². The summed E-state index contributed by atoms with van der Waals surface area (Å²) in [6, 6.07) is 10.7. The van der Waals surface area contributed by atoms with Gasteiger partial charge < -0.3 is 34.9 Å². The summed E-state index contributed by atoms with van der Waals surface area (Å²) in [7, 11) is 0. The average Bonchev–Trinajstić information content (AvgIpc) is 3.07. The number of amides is 1. The van der Waals surface area contributed by atoms with Gasteiger partial charge >= 0.3 is 18.0 Å². The first-order chi connectivity index (χ1) is 26.2. The smallest absolute Gasteiger partial charge is 0.412 e. The maximum atomic E-state index is 12.0. The number of carboxylic acid groups (broad SMARTS) is 2. The highest BCUT2D eigenvalue weighted by molar-refractivity contribution is 6.33. The van der Waals surface area contributed by atoms with E-state index in [9.17, 15) is 27.6 Å². The SMILES string of the molecule is CC(C)(C)OC(=O)Nc1cc(Cl)nc(OCCF)c1.Nc1cc(Cl)nc(OCCF)c1.O=C(O)c1cc(Cl)nc(Cl)c1.O=C(O)c1cc(Cl)nc(OCCF)c1. The van der Waals surface area contributed by atoms with E-state index in [-0.39, 0.29) is 74.4 Å². The van der Waals surface area contributed by atoms with Gasteiger partial charge in [-0.25, -0.2) is 47.5 Å². The van der Waals surface area contributed by atoms with Crippen LogP contribution in [0.4, 0.5) is 29.3 Å². The molecule has 4 heterocycles. The minimum Gasteiger partial charge on any atom is -0.478 e. The molecule has 0 saturated heterocycles. The summed E-state index contributed by atoms with van der Waals surface area (Å²) in [6.07, 6.45) is -0.619. The van der Waals surface area contributed by atoms with Crippen molar-refractivity contribution in [3.05, 3.63) is 85.4 Å². The van der Waals surface area contributed by atoms with Crippen LogP contribution in [-0.2, 0) is 4.74 Å². The second kappa shape index (κ2) is 25.4. The number of carboxylic acids is 2. The number of halogens is 8. The van der Waals surface area contributed by atoms with E-state index in [1.54, 1.807) is 20.8 Å². The largest absolute Gasteiger partial charge is 0.478 e. The number of nitrogens with zero attached hydrogens (tertiary/aromatic N) is 4. The van der Waals surface area contributed by atoms with E-state index in [4.69, 9.17) is 92.9 Å². The van der Waals surface area contributed by atoms with Gasteiger partial charge in [0.1, 0.15) is 71.2 Å². The highest BCUT2D eigenvalue weighted by Crippen LogP contribution is 2.22. The lowest BCUT2D eigenvalue weighted by molar-refractivity contribution is 0.0632. The zero-order chi connectivity index (χ0) is 42.4. The highest BCUT2D eigenvalue weighted by atomic mass is 35.5. The van der Waals surface area contributed by atoms with E-state index in [1.165, 1.54) is 48.5 Å². The molecule has 306 valence electrons. The molecule has 15 nitrogen and oxygen atoms in total. The molecule has 0 bridgehead atoms. The summed E-state index contributed by atoms with van der Waals surface area (Å²) in [5, 5.41) is 20.2. The molecule has 0 atom stereocenters. The number of rotatable bonds is 12. The molecule has 4 aromatic heterocycles. The molecule has 5 N–H and O–H groups in total. The van der Waals surface area contributed by atoms with Crippen molar-refractivity contribution in [2.24, 2.45) is 0 Å². The fourth-order valence-electron chi connectivity index (χ4n) is 3.29. The summed E-state index contributed by atoms with van der Waals surface area (Å²) in [5.74, 6) is -1.82. The fourth-order valence-corrected chi connectivity index (χ4v) is 4.37. The van der Waals surface area contributed by atoms with Crippen molar-refractivity contribution in [2.75, 3.05) is 50.9 Å². The zero-order valence-corrected chi connectivity index (χ0v) is 33.3. The van der Waals surface area contributed by atoms with Crippen LogP contribution in [0.5, 0.6) is 17.6 Å². The van der Waals surface area contributed by atoms with E-state index in [1.807, 2.05) is 0 Å². The number of nitrogen functional groups attached to an aromatic ring is 1. The van der Waals surface area contributed by atoms with Crippen LogP contribution in [-0.4, -0.2) is 93.6 Å². The standard InChI is InChI=1S/C12H16ClFN2O3.C8H7ClFNO3.C7H8ClFN2O.C6H3Cl2NO2/c1-12(2,3)19-11(17)15-8-6-9(13)16-10(7-8)18-5-4-14;9-6-3-5(8(12)13)4-7(11-6)14-2-1-10;8-6-3-5(10)4-7(11-6)12-2-1-9;7-4-1-3(6(10)11)2-5(8)9-4/h6-7H,4-5H2,1-3H3,(H,15,16,17);3-4H,1-2H2,(H,12,13);3-4H,1-2H2,(H2,10,11);1-2H,(H,10,11). The van der Waals surface area contributed by atoms with Crippen molar-refractivity contribution in [3.8, 4) is 17.6 Å². The number of pyridine rings is 4. The van der Waals surface area contributed by atoms with Gasteiger partial charge in [-0.3, -0.25) is 5.32 Å². The molecule has 0 radical (unpaired) electrons. The Bertz CT molecular complexity index is 1860. The van der Waals surface area contributed by atoms with Crippen molar-refractivity contribution in [2.45, 2.75) is 26.4 Å². The number of carbonyl (C=O) groups excluding carboxylic acids is 1. The second-order valence-corrected chi connectivity index (χ2v) is 12.9. The molecule has 0 aliphatic carbocycles. The Morgan fingerprint density at radius 1 is 0.625 bits per heavy atom. The van der Waals surface area contributed by atoms with Crippen molar-refractivity contribution in [1.82, 2.24) is 19.9 Å². The molecule has 0 saturated carbocycles. The Morgan fingerprint density at radius 3 is 1.41 bits per heavy atom. The molecular formula is C33H34Cl5F3N6O9. The number of ether oxygens (including phenoxy) is 4. The van der Waals surface area contributed by atoms with Gasteiger partial charge in [0.15, 0.2) is 0 Å². The first-order valence-corrected chi connectivity index (χ1v) is 17.3. The van der Waals surface area contributed by atoms with Gasteiger partial charge in [-0.2, -0.15) is 0 Å². The molecule has 0 fully saturated rings. The van der Waals surface area contributed by atoms with E-state index in [0.29, 0.717) is 11.4 Å². The lowest BCUT2D eigenvalue weighted by Crippen LogP contribution is -2.27. The minimum atomic E-state index is -1.14. The Balaban J connectivity index is 0.000000382. The number of hydrogen-bond acceptors (Lipinski definition) is 12. The van der Waals surface area contributed by atoms with Crippen LogP contribution in [0.3, 0.4) is 0 Å². The summed E-state index contributed by atoms with van der Waals surface area (Å²) in [4.78, 5) is 47.3. The summed E-state index contributed by atoms with van der Waals surface area (Å²) in [6.45, 7) is 3.05. The van der Waals surface area contributed by atoms with E-state index in [0.717, 1.165) is 0 Å². The molecule has 1 amide bonds. The maximum Gasteiger partial charge on any atom is 0.412 e. The first kappa shape index (κ1) is 49.3. The van der Waals surface area contributed by atoms with Gasteiger partial charge in [-0.15, -0.1) is 0 Å². The Morgan fingerprint density at radius 2 is 1.00 bits per heavy atom. The normalized spacial score (nSPS) is 10.2. The lowest BCUT2D eigenvalue weighted by Gasteiger charge is -2.19. The molecule has 4 aromatic rings. The van der Waals surface area contributed by atoms with E-state index >= 15 is 0 Å². The van der Waals surface area contributed by atoms with Crippen LogP contribution >= 0.6 is 58.0 Å². The first-order valence-electron chi connectivity index (χ1n) is 15.4. The molecule has 23 heteroatoms. The quantitative estimate of drug-likeness (QED) is 0.0977. The topological polar surface area (TPSA) is 218 Å². The van der Waals surface area contributed by atoms with Gasteiger partial charge in [-0.1, -0.05) is 58.0 Å². The number of hydrogen-bond donors (Lipinski definition) is 4. The number of anilines is 2. The number of nitrogens with two attached hydrogens (primary N) is 1. The van der Waals surface area contributed by atoms with Gasteiger partial charge in [0.05, 0.1) is 16.8 Å². The zero-order valence-electron chi connectivity index (χ0n) is 29.5. The number of aromatic nitrogens is 4. The van der Waals surface area contributed by atoms with Crippen molar-refractivity contribution >= 4 is 87.4 Å². The van der Waals surface area contributed by atoms with Crippen LogP contribution in [0.1, 0.15) is 41.5 Å². The highest BCUT2D eigenvalue weighted by Gasteiger charge is 2.17. The molecule has 0 aromatic carbocycles. The Labute approximate surface area is 343 Å². The summed E-state index contributed by atoms with van der Waals surface area (Å²) < 4.78 is 55.1.